The standard InChI is InChI=1S/C23H27N5O2/c1-27(2)19-6-4-5-17(13-19)23(29)24-18-11-12-28(15-18)22-14-21(25-26-22)16-7-9-20(30-3)10-8-16/h4-10,13-14,18H,11-12,15H2,1-3H3,(H,24,29)(H,25,26). The smallest absolute Gasteiger partial charge is 0.251 e. The predicted octanol–water partition coefficient (Wildman–Crippen LogP) is 3.16. The van der Waals surface area contributed by atoms with Gasteiger partial charge in [0.1, 0.15) is 5.75 Å². The minimum atomic E-state index is -0.0356. The average molecular weight is 406 g/mol. The number of hydrogen-bond acceptors (Lipinski definition) is 5. The second-order valence-electron chi connectivity index (χ2n) is 7.72. The van der Waals surface area contributed by atoms with Crippen molar-refractivity contribution >= 4 is 17.4 Å². The number of carbonyl (C=O) groups excluding carboxylic acids is 1. The molecule has 2 heterocycles. The molecule has 1 saturated heterocycles. The van der Waals surface area contributed by atoms with Gasteiger partial charge in [-0.25, -0.2) is 0 Å². The molecule has 1 amide bonds. The molecule has 0 saturated carbocycles. The zero-order valence-electron chi connectivity index (χ0n) is 17.6. The van der Waals surface area contributed by atoms with Gasteiger partial charge in [-0.1, -0.05) is 6.07 Å². The van der Waals surface area contributed by atoms with Crippen molar-refractivity contribution in [1.82, 2.24) is 15.5 Å². The number of H-pyrrole nitrogens is 1. The van der Waals surface area contributed by atoms with E-state index in [9.17, 15) is 4.79 Å². The van der Waals surface area contributed by atoms with Crippen LogP contribution in [0.5, 0.6) is 5.75 Å². The van der Waals surface area contributed by atoms with Gasteiger partial charge in [0.05, 0.1) is 12.8 Å². The number of hydrogen-bond donors (Lipinski definition) is 2. The fourth-order valence-corrected chi connectivity index (χ4v) is 3.67. The molecule has 0 radical (unpaired) electrons. The highest BCUT2D eigenvalue weighted by Gasteiger charge is 2.26. The maximum Gasteiger partial charge on any atom is 0.251 e. The lowest BCUT2D eigenvalue weighted by molar-refractivity contribution is 0.0940. The Balaban J connectivity index is 1.38. The maximum absolute atomic E-state index is 12.7. The molecule has 30 heavy (non-hydrogen) atoms. The van der Waals surface area contributed by atoms with Gasteiger partial charge < -0.3 is 19.9 Å². The van der Waals surface area contributed by atoms with E-state index in [0.29, 0.717) is 5.56 Å². The molecule has 1 atom stereocenters. The quantitative estimate of drug-likeness (QED) is 0.659. The van der Waals surface area contributed by atoms with Crippen LogP contribution in [0.2, 0.25) is 0 Å². The number of ether oxygens (including phenoxy) is 1. The van der Waals surface area contributed by atoms with Crippen LogP contribution in [0.4, 0.5) is 11.5 Å². The number of anilines is 2. The fraction of sp³-hybridized carbons (Fsp3) is 0.304. The largest absolute Gasteiger partial charge is 0.497 e. The monoisotopic (exact) mass is 405 g/mol. The number of nitrogens with one attached hydrogen (secondary N) is 2. The number of benzene rings is 2. The third-order valence-electron chi connectivity index (χ3n) is 5.44. The fourth-order valence-electron chi connectivity index (χ4n) is 3.67. The molecule has 0 spiro atoms. The number of rotatable bonds is 6. The zero-order valence-corrected chi connectivity index (χ0v) is 17.6. The molecule has 1 unspecified atom stereocenters. The number of nitrogens with zero attached hydrogens (tertiary/aromatic N) is 3. The second-order valence-corrected chi connectivity index (χ2v) is 7.72. The third kappa shape index (κ3) is 4.25. The molecule has 2 N–H and O–H groups in total. The zero-order chi connectivity index (χ0) is 21.1. The molecule has 3 aromatic rings. The highest BCUT2D eigenvalue weighted by molar-refractivity contribution is 5.95. The first-order valence-corrected chi connectivity index (χ1v) is 10.1. The number of aromatic nitrogens is 2. The van der Waals surface area contributed by atoms with Crippen molar-refractivity contribution in [2.24, 2.45) is 0 Å². The van der Waals surface area contributed by atoms with Crippen molar-refractivity contribution in [3.63, 3.8) is 0 Å². The Labute approximate surface area is 176 Å². The van der Waals surface area contributed by atoms with Crippen LogP contribution < -0.4 is 19.9 Å². The van der Waals surface area contributed by atoms with E-state index in [4.69, 9.17) is 4.74 Å². The number of amides is 1. The second kappa shape index (κ2) is 8.49. The molecule has 1 aromatic heterocycles. The molecule has 1 aliphatic rings. The highest BCUT2D eigenvalue weighted by atomic mass is 16.5. The summed E-state index contributed by atoms with van der Waals surface area (Å²) in [6.07, 6.45) is 0.893. The summed E-state index contributed by atoms with van der Waals surface area (Å²) in [6.45, 7) is 1.60. The van der Waals surface area contributed by atoms with Crippen molar-refractivity contribution in [3.05, 3.63) is 60.2 Å². The Morgan fingerprint density at radius 1 is 1.20 bits per heavy atom. The topological polar surface area (TPSA) is 73.5 Å². The van der Waals surface area contributed by atoms with Gasteiger partial charge in [-0.2, -0.15) is 5.10 Å². The molecule has 7 heteroatoms. The maximum atomic E-state index is 12.7. The van der Waals surface area contributed by atoms with Crippen LogP contribution in [0.15, 0.2) is 54.6 Å². The summed E-state index contributed by atoms with van der Waals surface area (Å²) >= 11 is 0. The van der Waals surface area contributed by atoms with Gasteiger partial charge in [-0.3, -0.25) is 9.89 Å². The van der Waals surface area contributed by atoms with Crippen molar-refractivity contribution in [2.45, 2.75) is 12.5 Å². The SMILES string of the molecule is COc1ccc(-c2cc(N3CCC(NC(=O)c4cccc(N(C)C)c4)C3)n[nH]2)cc1. The Hall–Kier alpha value is -3.48. The van der Waals surface area contributed by atoms with Gasteiger partial charge in [0.25, 0.3) is 5.91 Å². The van der Waals surface area contributed by atoms with Gasteiger partial charge in [-0.05, 0) is 54.4 Å². The lowest BCUT2D eigenvalue weighted by Gasteiger charge is -2.17. The summed E-state index contributed by atoms with van der Waals surface area (Å²) in [7, 11) is 5.59. The van der Waals surface area contributed by atoms with E-state index in [1.54, 1.807) is 7.11 Å². The average Bonchev–Trinajstić information content (AvgIpc) is 3.43. The summed E-state index contributed by atoms with van der Waals surface area (Å²) < 4.78 is 5.21. The van der Waals surface area contributed by atoms with Gasteiger partial charge in [0, 0.05) is 50.5 Å². The predicted molar refractivity (Wildman–Crippen MR) is 119 cm³/mol. The van der Waals surface area contributed by atoms with Crippen LogP contribution in [0.1, 0.15) is 16.8 Å². The molecule has 7 nitrogen and oxygen atoms in total. The van der Waals surface area contributed by atoms with Crippen LogP contribution >= 0.6 is 0 Å². The van der Waals surface area contributed by atoms with Gasteiger partial charge in [0.15, 0.2) is 5.82 Å². The Morgan fingerprint density at radius 2 is 2.00 bits per heavy atom. The minimum Gasteiger partial charge on any atom is -0.497 e. The molecule has 2 aromatic carbocycles. The van der Waals surface area contributed by atoms with Crippen molar-refractivity contribution in [3.8, 4) is 17.0 Å². The normalized spacial score (nSPS) is 15.8. The first kappa shape index (κ1) is 19.8. The molecule has 4 rings (SSSR count). The van der Waals surface area contributed by atoms with E-state index in [-0.39, 0.29) is 11.9 Å². The molecule has 156 valence electrons. The van der Waals surface area contributed by atoms with E-state index >= 15 is 0 Å². The minimum absolute atomic E-state index is 0.0356. The van der Waals surface area contributed by atoms with Gasteiger partial charge in [-0.15, -0.1) is 0 Å². The van der Waals surface area contributed by atoms with Crippen LogP contribution in [-0.4, -0.2) is 56.4 Å². The van der Waals surface area contributed by atoms with Crippen molar-refractivity contribution in [2.75, 3.05) is 44.1 Å². The summed E-state index contributed by atoms with van der Waals surface area (Å²) in [6, 6.07) is 17.7. The van der Waals surface area contributed by atoms with E-state index in [2.05, 4.69) is 20.4 Å². The highest BCUT2D eigenvalue weighted by Crippen LogP contribution is 2.26. The summed E-state index contributed by atoms with van der Waals surface area (Å²) in [5, 5.41) is 10.7. The first-order chi connectivity index (χ1) is 14.5. The van der Waals surface area contributed by atoms with Gasteiger partial charge >= 0.3 is 0 Å². The lowest BCUT2D eigenvalue weighted by Crippen LogP contribution is -2.37. The third-order valence-corrected chi connectivity index (χ3v) is 5.44. The van der Waals surface area contributed by atoms with Crippen LogP contribution in [-0.2, 0) is 0 Å². The van der Waals surface area contributed by atoms with Gasteiger partial charge in [0.2, 0.25) is 0 Å². The molecule has 0 aliphatic carbocycles. The van der Waals surface area contributed by atoms with Crippen molar-refractivity contribution < 1.29 is 9.53 Å². The molecular formula is C23H27N5O2. The molecular weight excluding hydrogens is 378 g/mol. The Kier molecular flexibility index (Phi) is 5.61. The molecule has 1 aliphatic heterocycles. The summed E-state index contributed by atoms with van der Waals surface area (Å²) in [5.41, 5.74) is 3.71. The van der Waals surface area contributed by atoms with E-state index in [0.717, 1.165) is 48.0 Å². The number of carbonyl (C=O) groups is 1. The summed E-state index contributed by atoms with van der Waals surface area (Å²) in [5.74, 6) is 1.69. The lowest BCUT2D eigenvalue weighted by atomic mass is 10.1. The number of methoxy groups -OCH3 is 1. The Morgan fingerprint density at radius 3 is 2.73 bits per heavy atom. The molecule has 0 bridgehead atoms. The number of aromatic amines is 1. The van der Waals surface area contributed by atoms with Crippen LogP contribution in [0.25, 0.3) is 11.3 Å². The van der Waals surface area contributed by atoms with Crippen molar-refractivity contribution in [1.29, 1.82) is 0 Å². The molecule has 1 fully saturated rings. The van der Waals surface area contributed by atoms with Crippen LogP contribution in [0.3, 0.4) is 0 Å². The van der Waals surface area contributed by atoms with Crippen LogP contribution in [0, 0.1) is 0 Å². The summed E-state index contributed by atoms with van der Waals surface area (Å²) in [4.78, 5) is 16.9. The van der Waals surface area contributed by atoms with E-state index < -0.39 is 0 Å². The van der Waals surface area contributed by atoms with E-state index in [1.807, 2.05) is 73.6 Å². The van der Waals surface area contributed by atoms with E-state index in [1.165, 1.54) is 0 Å². The Bertz CT molecular complexity index is 1010. The first-order valence-electron chi connectivity index (χ1n) is 10.1.